The van der Waals surface area contributed by atoms with Crippen molar-refractivity contribution < 1.29 is 9.53 Å². The van der Waals surface area contributed by atoms with Crippen LogP contribution in [0.4, 0.5) is 0 Å². The second kappa shape index (κ2) is 4.37. The van der Waals surface area contributed by atoms with Gasteiger partial charge in [-0.1, -0.05) is 0 Å². The number of ether oxygens (including phenoxy) is 1. The summed E-state index contributed by atoms with van der Waals surface area (Å²) in [7, 11) is 3.18. The predicted octanol–water partition coefficient (Wildman–Crippen LogP) is 1.58. The number of aryl methyl sites for hydroxylation is 2. The first-order valence-corrected chi connectivity index (χ1v) is 5.17. The molecule has 0 aliphatic heterocycles. The molecular weight excluding hydrogens is 218 g/mol. The highest BCUT2D eigenvalue weighted by molar-refractivity contribution is 5.90. The number of methoxy groups -OCH3 is 1. The van der Waals surface area contributed by atoms with Crippen LogP contribution in [0.2, 0.25) is 0 Å². The van der Waals surface area contributed by atoms with Gasteiger partial charge in [-0.3, -0.25) is 4.68 Å². The van der Waals surface area contributed by atoms with E-state index in [0.717, 1.165) is 11.1 Å². The Balaban J connectivity index is 2.41. The average molecular weight is 231 g/mol. The standard InChI is InChI=1S/C12H13N3O2/c1-8-6-9(12(16)17-3)4-5-10(8)11-13-7-15(2)14-11/h4-7H,1-3H3. The maximum absolute atomic E-state index is 11.4. The molecule has 17 heavy (non-hydrogen) atoms. The monoisotopic (exact) mass is 231 g/mol. The molecule has 0 saturated carbocycles. The van der Waals surface area contributed by atoms with E-state index >= 15 is 0 Å². The number of nitrogens with zero attached hydrogens (tertiary/aromatic N) is 3. The molecular formula is C12H13N3O2. The predicted molar refractivity (Wildman–Crippen MR) is 62.5 cm³/mol. The number of rotatable bonds is 2. The second-order valence-electron chi connectivity index (χ2n) is 3.76. The fourth-order valence-corrected chi connectivity index (χ4v) is 1.62. The minimum atomic E-state index is -0.339. The third kappa shape index (κ3) is 2.18. The van der Waals surface area contributed by atoms with Gasteiger partial charge >= 0.3 is 5.97 Å². The zero-order valence-corrected chi connectivity index (χ0v) is 9.97. The third-order valence-electron chi connectivity index (χ3n) is 2.49. The highest BCUT2D eigenvalue weighted by Crippen LogP contribution is 2.20. The zero-order valence-electron chi connectivity index (χ0n) is 9.97. The van der Waals surface area contributed by atoms with Gasteiger partial charge < -0.3 is 4.74 Å². The lowest BCUT2D eigenvalue weighted by Gasteiger charge is -2.04. The van der Waals surface area contributed by atoms with Gasteiger partial charge in [0.05, 0.1) is 12.7 Å². The number of hydrogen-bond acceptors (Lipinski definition) is 4. The molecule has 0 aliphatic carbocycles. The molecule has 0 radical (unpaired) electrons. The normalized spacial score (nSPS) is 10.3. The number of carbonyl (C=O) groups excluding carboxylic acids is 1. The maximum atomic E-state index is 11.4. The molecule has 0 bridgehead atoms. The summed E-state index contributed by atoms with van der Waals surface area (Å²) in [5, 5.41) is 4.23. The molecule has 2 rings (SSSR count). The Morgan fingerprint density at radius 2 is 2.18 bits per heavy atom. The summed E-state index contributed by atoms with van der Waals surface area (Å²) in [5.41, 5.74) is 2.39. The van der Waals surface area contributed by atoms with Crippen molar-refractivity contribution in [2.24, 2.45) is 7.05 Å². The topological polar surface area (TPSA) is 57.0 Å². The molecule has 5 heteroatoms. The van der Waals surface area contributed by atoms with Crippen LogP contribution in [-0.2, 0) is 11.8 Å². The van der Waals surface area contributed by atoms with Crippen LogP contribution in [0.15, 0.2) is 24.5 Å². The van der Waals surface area contributed by atoms with Crippen LogP contribution >= 0.6 is 0 Å². The molecule has 5 nitrogen and oxygen atoms in total. The summed E-state index contributed by atoms with van der Waals surface area (Å²) in [6.07, 6.45) is 1.64. The Labute approximate surface area is 99.1 Å². The van der Waals surface area contributed by atoms with E-state index in [-0.39, 0.29) is 5.97 Å². The van der Waals surface area contributed by atoms with Crippen LogP contribution in [0.5, 0.6) is 0 Å². The third-order valence-corrected chi connectivity index (χ3v) is 2.49. The van der Waals surface area contributed by atoms with Crippen LogP contribution in [0.1, 0.15) is 15.9 Å². The van der Waals surface area contributed by atoms with Gasteiger partial charge in [-0.25, -0.2) is 9.78 Å². The lowest BCUT2D eigenvalue weighted by Crippen LogP contribution is -2.02. The lowest BCUT2D eigenvalue weighted by atomic mass is 10.0. The summed E-state index contributed by atoms with van der Waals surface area (Å²) < 4.78 is 6.31. The van der Waals surface area contributed by atoms with E-state index < -0.39 is 0 Å². The molecule has 1 aromatic carbocycles. The molecule has 0 fully saturated rings. The molecule has 0 amide bonds. The molecule has 1 aromatic heterocycles. The SMILES string of the molecule is COC(=O)c1ccc(-c2ncn(C)n2)c(C)c1. The highest BCUT2D eigenvalue weighted by atomic mass is 16.5. The average Bonchev–Trinajstić information content (AvgIpc) is 2.74. The molecule has 88 valence electrons. The molecule has 0 spiro atoms. The van der Waals surface area contributed by atoms with E-state index in [1.807, 2.05) is 20.0 Å². The summed E-state index contributed by atoms with van der Waals surface area (Å²) >= 11 is 0. The summed E-state index contributed by atoms with van der Waals surface area (Å²) in [6.45, 7) is 1.91. The van der Waals surface area contributed by atoms with Gasteiger partial charge in [-0.15, -0.1) is 0 Å². The van der Waals surface area contributed by atoms with E-state index in [4.69, 9.17) is 0 Å². The molecule has 1 heterocycles. The molecule has 0 saturated heterocycles. The minimum absolute atomic E-state index is 0.339. The number of hydrogen-bond donors (Lipinski definition) is 0. The number of aromatic nitrogens is 3. The Kier molecular flexibility index (Phi) is 2.91. The van der Waals surface area contributed by atoms with E-state index in [2.05, 4.69) is 14.8 Å². The van der Waals surface area contributed by atoms with Crippen molar-refractivity contribution >= 4 is 5.97 Å². The molecule has 2 aromatic rings. The fourth-order valence-electron chi connectivity index (χ4n) is 1.62. The molecule has 0 aliphatic rings. The lowest BCUT2D eigenvalue weighted by molar-refractivity contribution is 0.0600. The highest BCUT2D eigenvalue weighted by Gasteiger charge is 2.10. The van der Waals surface area contributed by atoms with Gasteiger partial charge in [0.2, 0.25) is 0 Å². The minimum Gasteiger partial charge on any atom is -0.465 e. The van der Waals surface area contributed by atoms with Crippen molar-refractivity contribution in [2.45, 2.75) is 6.92 Å². The van der Waals surface area contributed by atoms with Gasteiger partial charge in [-0.05, 0) is 30.7 Å². The second-order valence-corrected chi connectivity index (χ2v) is 3.76. The van der Waals surface area contributed by atoms with Gasteiger partial charge in [-0.2, -0.15) is 5.10 Å². The zero-order chi connectivity index (χ0) is 12.4. The van der Waals surface area contributed by atoms with Gasteiger partial charge in [0.15, 0.2) is 5.82 Å². The van der Waals surface area contributed by atoms with Crippen molar-refractivity contribution in [3.63, 3.8) is 0 Å². The van der Waals surface area contributed by atoms with Crippen LogP contribution in [-0.4, -0.2) is 27.8 Å². The van der Waals surface area contributed by atoms with E-state index in [0.29, 0.717) is 11.4 Å². The Hall–Kier alpha value is -2.17. The largest absolute Gasteiger partial charge is 0.465 e. The first-order valence-electron chi connectivity index (χ1n) is 5.17. The van der Waals surface area contributed by atoms with E-state index in [1.165, 1.54) is 7.11 Å². The van der Waals surface area contributed by atoms with Crippen LogP contribution in [0.25, 0.3) is 11.4 Å². The Morgan fingerprint density at radius 3 is 2.71 bits per heavy atom. The molecule has 0 unspecified atom stereocenters. The van der Waals surface area contributed by atoms with Crippen molar-refractivity contribution in [2.75, 3.05) is 7.11 Å². The number of esters is 1. The van der Waals surface area contributed by atoms with E-state index in [9.17, 15) is 4.79 Å². The number of benzene rings is 1. The van der Waals surface area contributed by atoms with Crippen molar-refractivity contribution in [3.8, 4) is 11.4 Å². The van der Waals surface area contributed by atoms with Gasteiger partial charge in [0.1, 0.15) is 6.33 Å². The first-order chi connectivity index (χ1) is 8.11. The van der Waals surface area contributed by atoms with E-state index in [1.54, 1.807) is 23.1 Å². The maximum Gasteiger partial charge on any atom is 0.337 e. The summed E-state index contributed by atoms with van der Waals surface area (Å²) in [5.74, 6) is 0.315. The summed E-state index contributed by atoms with van der Waals surface area (Å²) in [6, 6.07) is 5.32. The van der Waals surface area contributed by atoms with Crippen molar-refractivity contribution in [3.05, 3.63) is 35.7 Å². The molecule has 0 N–H and O–H groups in total. The Bertz CT molecular complexity index is 561. The Morgan fingerprint density at radius 1 is 1.41 bits per heavy atom. The smallest absolute Gasteiger partial charge is 0.337 e. The van der Waals surface area contributed by atoms with Gasteiger partial charge in [0, 0.05) is 12.6 Å². The van der Waals surface area contributed by atoms with Crippen molar-refractivity contribution in [1.29, 1.82) is 0 Å². The van der Waals surface area contributed by atoms with Crippen LogP contribution in [0.3, 0.4) is 0 Å². The quantitative estimate of drug-likeness (QED) is 0.736. The fraction of sp³-hybridized carbons (Fsp3) is 0.250. The molecule has 0 atom stereocenters. The van der Waals surface area contributed by atoms with Crippen LogP contribution < -0.4 is 0 Å². The van der Waals surface area contributed by atoms with Crippen LogP contribution in [0, 0.1) is 6.92 Å². The van der Waals surface area contributed by atoms with Gasteiger partial charge in [0.25, 0.3) is 0 Å². The van der Waals surface area contributed by atoms with Crippen molar-refractivity contribution in [1.82, 2.24) is 14.8 Å². The number of carbonyl (C=O) groups is 1. The first kappa shape index (κ1) is 11.3. The summed E-state index contributed by atoms with van der Waals surface area (Å²) in [4.78, 5) is 15.5.